The Kier molecular flexibility index (Phi) is 6.35. The van der Waals surface area contributed by atoms with Crippen LogP contribution in [0.5, 0.6) is 0 Å². The summed E-state index contributed by atoms with van der Waals surface area (Å²) in [5.41, 5.74) is 0.974. The third kappa shape index (κ3) is 4.88. The molecule has 0 fully saturated rings. The highest BCUT2D eigenvalue weighted by Crippen LogP contribution is 2.25. The summed E-state index contributed by atoms with van der Waals surface area (Å²) in [6.07, 6.45) is 0. The van der Waals surface area contributed by atoms with Crippen molar-refractivity contribution in [1.82, 2.24) is 9.21 Å². The number of hydrogen-bond acceptors (Lipinski definition) is 3. The number of rotatable bonds is 7. The van der Waals surface area contributed by atoms with E-state index in [-0.39, 0.29) is 0 Å². The SMILES string of the molecule is CN(C)CCN(Cc1ccccc1)S(=O)(=O)c1ccccc1Br. The Morgan fingerprint density at radius 1 is 0.913 bits per heavy atom. The van der Waals surface area contributed by atoms with Gasteiger partial charge in [0, 0.05) is 24.1 Å². The molecule has 0 radical (unpaired) electrons. The minimum atomic E-state index is -3.57. The first-order valence-corrected chi connectivity index (χ1v) is 9.58. The van der Waals surface area contributed by atoms with Gasteiger partial charge in [0.1, 0.15) is 0 Å². The van der Waals surface area contributed by atoms with E-state index in [0.29, 0.717) is 29.0 Å². The van der Waals surface area contributed by atoms with Gasteiger partial charge in [0.05, 0.1) is 4.90 Å². The van der Waals surface area contributed by atoms with Gasteiger partial charge >= 0.3 is 0 Å². The van der Waals surface area contributed by atoms with Crippen LogP contribution >= 0.6 is 15.9 Å². The van der Waals surface area contributed by atoms with Gasteiger partial charge in [-0.25, -0.2) is 8.42 Å². The van der Waals surface area contributed by atoms with Crippen LogP contribution in [0.25, 0.3) is 0 Å². The first-order chi connectivity index (χ1) is 10.9. The third-order valence-corrected chi connectivity index (χ3v) is 6.31. The highest BCUT2D eigenvalue weighted by atomic mass is 79.9. The molecule has 4 nitrogen and oxygen atoms in total. The maximum absolute atomic E-state index is 13.0. The van der Waals surface area contributed by atoms with Gasteiger partial charge in [-0.1, -0.05) is 42.5 Å². The Morgan fingerprint density at radius 2 is 1.52 bits per heavy atom. The zero-order valence-corrected chi connectivity index (χ0v) is 15.7. The molecule has 0 bridgehead atoms. The standard InChI is InChI=1S/C17H21BrN2O2S/c1-19(2)12-13-20(14-15-8-4-3-5-9-15)23(21,22)17-11-7-6-10-16(17)18/h3-11H,12-14H2,1-2H3. The molecule has 6 heteroatoms. The number of benzene rings is 2. The minimum Gasteiger partial charge on any atom is -0.308 e. The van der Waals surface area contributed by atoms with Crippen LogP contribution in [-0.2, 0) is 16.6 Å². The molecule has 2 aromatic carbocycles. The first-order valence-electron chi connectivity index (χ1n) is 7.34. The molecule has 0 aliphatic rings. The smallest absolute Gasteiger partial charge is 0.244 e. The molecular formula is C17H21BrN2O2S. The van der Waals surface area contributed by atoms with Crippen molar-refractivity contribution in [3.05, 3.63) is 64.6 Å². The lowest BCUT2D eigenvalue weighted by Crippen LogP contribution is -2.36. The molecule has 0 saturated carbocycles. The Morgan fingerprint density at radius 3 is 2.13 bits per heavy atom. The molecule has 124 valence electrons. The molecule has 0 aromatic heterocycles. The lowest BCUT2D eigenvalue weighted by Gasteiger charge is -2.24. The van der Waals surface area contributed by atoms with Crippen LogP contribution in [0.3, 0.4) is 0 Å². The molecule has 0 amide bonds. The summed E-state index contributed by atoms with van der Waals surface area (Å²) in [5.74, 6) is 0. The minimum absolute atomic E-state index is 0.301. The van der Waals surface area contributed by atoms with Crippen molar-refractivity contribution in [1.29, 1.82) is 0 Å². The van der Waals surface area contributed by atoms with Gasteiger partial charge in [-0.05, 0) is 47.7 Å². The predicted molar refractivity (Wildman–Crippen MR) is 96.7 cm³/mol. The molecule has 0 aliphatic carbocycles. The quantitative estimate of drug-likeness (QED) is 0.721. The fourth-order valence-electron chi connectivity index (χ4n) is 2.18. The lowest BCUT2D eigenvalue weighted by atomic mass is 10.2. The van der Waals surface area contributed by atoms with Crippen molar-refractivity contribution in [3.63, 3.8) is 0 Å². The van der Waals surface area contributed by atoms with Crippen LogP contribution in [0.4, 0.5) is 0 Å². The summed E-state index contributed by atoms with van der Waals surface area (Å²) in [4.78, 5) is 2.28. The van der Waals surface area contributed by atoms with E-state index in [1.54, 1.807) is 18.2 Å². The molecule has 0 heterocycles. The average molecular weight is 397 g/mol. The summed E-state index contributed by atoms with van der Waals surface area (Å²) in [5, 5.41) is 0. The Balaban J connectivity index is 2.34. The van der Waals surface area contributed by atoms with Gasteiger partial charge in [-0.15, -0.1) is 0 Å². The maximum atomic E-state index is 13.0. The molecule has 0 N–H and O–H groups in total. The first kappa shape index (κ1) is 18.1. The number of nitrogens with zero attached hydrogens (tertiary/aromatic N) is 2. The Bertz CT molecular complexity index is 733. The van der Waals surface area contributed by atoms with Gasteiger partial charge in [0.2, 0.25) is 10.0 Å². The van der Waals surface area contributed by atoms with Crippen LogP contribution in [0.1, 0.15) is 5.56 Å². The molecule has 2 rings (SSSR count). The van der Waals surface area contributed by atoms with E-state index in [1.807, 2.05) is 55.4 Å². The largest absolute Gasteiger partial charge is 0.308 e. The number of hydrogen-bond donors (Lipinski definition) is 0. The fraction of sp³-hybridized carbons (Fsp3) is 0.294. The van der Waals surface area contributed by atoms with Crippen LogP contribution in [0, 0.1) is 0 Å². The van der Waals surface area contributed by atoms with Gasteiger partial charge in [0.15, 0.2) is 0 Å². The lowest BCUT2D eigenvalue weighted by molar-refractivity contribution is 0.329. The molecule has 0 spiro atoms. The van der Waals surface area contributed by atoms with Crippen LogP contribution < -0.4 is 0 Å². The highest BCUT2D eigenvalue weighted by molar-refractivity contribution is 9.10. The molecule has 23 heavy (non-hydrogen) atoms. The fourth-order valence-corrected chi connectivity index (χ4v) is 4.56. The normalized spacial score (nSPS) is 12.0. The van der Waals surface area contributed by atoms with E-state index in [9.17, 15) is 8.42 Å². The highest BCUT2D eigenvalue weighted by Gasteiger charge is 2.26. The number of sulfonamides is 1. The zero-order valence-electron chi connectivity index (χ0n) is 13.3. The van der Waals surface area contributed by atoms with Crippen molar-refractivity contribution in [2.75, 3.05) is 27.2 Å². The van der Waals surface area contributed by atoms with Crippen molar-refractivity contribution in [3.8, 4) is 0 Å². The molecule has 0 atom stereocenters. The monoisotopic (exact) mass is 396 g/mol. The number of halogens is 1. The van der Waals surface area contributed by atoms with E-state index in [2.05, 4.69) is 15.9 Å². The molecule has 0 aliphatic heterocycles. The van der Waals surface area contributed by atoms with Gasteiger partial charge in [-0.3, -0.25) is 0 Å². The Hall–Kier alpha value is -1.21. The van der Waals surface area contributed by atoms with Crippen LogP contribution in [0.2, 0.25) is 0 Å². The van der Waals surface area contributed by atoms with Crippen molar-refractivity contribution in [2.24, 2.45) is 0 Å². The molecule has 0 unspecified atom stereocenters. The topological polar surface area (TPSA) is 40.6 Å². The molecule has 0 saturated heterocycles. The average Bonchev–Trinajstić information content (AvgIpc) is 2.52. The second kappa shape index (κ2) is 8.06. The molecular weight excluding hydrogens is 376 g/mol. The summed E-state index contributed by atoms with van der Waals surface area (Å²) in [6.45, 7) is 1.46. The van der Waals surface area contributed by atoms with E-state index in [1.165, 1.54) is 4.31 Å². The van der Waals surface area contributed by atoms with Crippen LogP contribution in [0.15, 0.2) is 64.0 Å². The van der Waals surface area contributed by atoms with Crippen molar-refractivity contribution >= 4 is 26.0 Å². The maximum Gasteiger partial charge on any atom is 0.244 e. The predicted octanol–water partition coefficient (Wildman–Crippen LogP) is 3.20. The zero-order chi connectivity index (χ0) is 16.9. The second-order valence-corrected chi connectivity index (χ2v) is 8.32. The van der Waals surface area contributed by atoms with Gasteiger partial charge in [0.25, 0.3) is 0 Å². The van der Waals surface area contributed by atoms with Crippen molar-refractivity contribution < 1.29 is 8.42 Å². The van der Waals surface area contributed by atoms with E-state index in [0.717, 1.165) is 5.56 Å². The summed E-state index contributed by atoms with van der Waals surface area (Å²) >= 11 is 3.35. The van der Waals surface area contributed by atoms with Gasteiger partial charge < -0.3 is 4.90 Å². The summed E-state index contributed by atoms with van der Waals surface area (Å²) in [7, 11) is 0.307. The van der Waals surface area contributed by atoms with Crippen LogP contribution in [-0.4, -0.2) is 44.8 Å². The molecule has 2 aromatic rings. The van der Waals surface area contributed by atoms with E-state index >= 15 is 0 Å². The van der Waals surface area contributed by atoms with Gasteiger partial charge in [-0.2, -0.15) is 4.31 Å². The summed E-state index contributed by atoms with van der Waals surface area (Å²) < 4.78 is 28.2. The van der Waals surface area contributed by atoms with E-state index < -0.39 is 10.0 Å². The summed E-state index contributed by atoms with van der Waals surface area (Å²) in [6, 6.07) is 16.6. The number of likely N-dealkylation sites (N-methyl/N-ethyl adjacent to an activating group) is 1. The second-order valence-electron chi connectivity index (χ2n) is 5.56. The van der Waals surface area contributed by atoms with Crippen molar-refractivity contribution in [2.45, 2.75) is 11.4 Å². The van der Waals surface area contributed by atoms with E-state index in [4.69, 9.17) is 0 Å². The Labute approximate surface area is 146 Å². The third-order valence-electron chi connectivity index (χ3n) is 3.45.